The first kappa shape index (κ1) is 16.0. The average Bonchev–Trinajstić information content (AvgIpc) is 2.51. The van der Waals surface area contributed by atoms with Crippen LogP contribution < -0.4 is 10.2 Å². The fourth-order valence-electron chi connectivity index (χ4n) is 1.62. The lowest BCUT2D eigenvalue weighted by Gasteiger charge is -2.12. The van der Waals surface area contributed by atoms with Gasteiger partial charge in [0.05, 0.1) is 6.21 Å². The fourth-order valence-corrected chi connectivity index (χ4v) is 1.89. The van der Waals surface area contributed by atoms with Crippen molar-refractivity contribution in [1.29, 1.82) is 0 Å². The zero-order valence-electron chi connectivity index (χ0n) is 11.9. The third-order valence-electron chi connectivity index (χ3n) is 2.81. The summed E-state index contributed by atoms with van der Waals surface area (Å²) < 4.78 is 6.44. The quantitative estimate of drug-likeness (QED) is 0.634. The summed E-state index contributed by atoms with van der Waals surface area (Å²) in [5.74, 6) is 0.310. The molecule has 2 rings (SSSR count). The summed E-state index contributed by atoms with van der Waals surface area (Å²) >= 11 is 3.33. The number of nitrogens with one attached hydrogen (secondary N) is 1. The van der Waals surface area contributed by atoms with Crippen LogP contribution in [0, 0.1) is 0 Å². The molecule has 1 amide bonds. The number of halogens is 1. The monoisotopic (exact) mass is 362 g/mol. The van der Waals surface area contributed by atoms with E-state index in [0.717, 1.165) is 4.47 Å². The van der Waals surface area contributed by atoms with E-state index in [1.54, 1.807) is 43.3 Å². The van der Waals surface area contributed by atoms with Crippen LogP contribution >= 0.6 is 15.9 Å². The largest absolute Gasteiger partial charge is 0.507 e. The molecule has 0 radical (unpaired) electrons. The zero-order chi connectivity index (χ0) is 15.9. The number of benzene rings is 2. The Morgan fingerprint density at radius 1 is 1.27 bits per heavy atom. The third kappa shape index (κ3) is 4.60. The van der Waals surface area contributed by atoms with E-state index in [1.165, 1.54) is 6.21 Å². The molecule has 0 saturated carbocycles. The summed E-state index contributed by atoms with van der Waals surface area (Å²) in [4.78, 5) is 11.9. The lowest BCUT2D eigenvalue weighted by Crippen LogP contribution is -2.33. The Kier molecular flexibility index (Phi) is 5.55. The molecule has 0 aliphatic carbocycles. The highest BCUT2D eigenvalue weighted by Crippen LogP contribution is 2.17. The summed E-state index contributed by atoms with van der Waals surface area (Å²) in [5, 5.41) is 13.4. The lowest BCUT2D eigenvalue weighted by atomic mass is 10.2. The molecule has 0 bridgehead atoms. The van der Waals surface area contributed by atoms with Gasteiger partial charge in [-0.3, -0.25) is 4.79 Å². The molecule has 0 spiro atoms. The summed E-state index contributed by atoms with van der Waals surface area (Å²) in [6.45, 7) is 1.63. The lowest BCUT2D eigenvalue weighted by molar-refractivity contribution is -0.127. The summed E-state index contributed by atoms with van der Waals surface area (Å²) in [6, 6.07) is 13.9. The summed E-state index contributed by atoms with van der Waals surface area (Å²) in [5.41, 5.74) is 2.89. The van der Waals surface area contributed by atoms with Crippen LogP contribution in [0.5, 0.6) is 11.5 Å². The number of rotatable bonds is 5. The molecule has 6 heteroatoms. The van der Waals surface area contributed by atoms with E-state index in [4.69, 9.17) is 4.74 Å². The summed E-state index contributed by atoms with van der Waals surface area (Å²) in [6.07, 6.45) is 0.683. The molecular formula is C16H15BrN2O3. The Hall–Kier alpha value is -2.34. The SMILES string of the molecule is CC(Oc1ccc(Br)cc1)C(=O)N/N=C\c1ccccc1O. The number of ether oxygens (including phenoxy) is 1. The van der Waals surface area contributed by atoms with Gasteiger partial charge in [-0.15, -0.1) is 0 Å². The summed E-state index contributed by atoms with van der Waals surface area (Å²) in [7, 11) is 0. The molecule has 22 heavy (non-hydrogen) atoms. The van der Waals surface area contributed by atoms with Crippen LogP contribution in [-0.2, 0) is 4.79 Å². The minimum atomic E-state index is -0.692. The second kappa shape index (κ2) is 7.61. The molecule has 1 unspecified atom stereocenters. The second-order valence-corrected chi connectivity index (χ2v) is 5.42. The molecular weight excluding hydrogens is 348 g/mol. The number of phenolic OH excluding ortho intramolecular Hbond substituents is 1. The van der Waals surface area contributed by atoms with Crippen LogP contribution in [0.15, 0.2) is 58.1 Å². The standard InChI is InChI=1S/C16H15BrN2O3/c1-11(22-14-8-6-13(17)7-9-14)16(21)19-18-10-12-4-2-3-5-15(12)20/h2-11,20H,1H3,(H,19,21)/b18-10-. The topological polar surface area (TPSA) is 70.9 Å². The molecule has 0 heterocycles. The zero-order valence-corrected chi connectivity index (χ0v) is 13.4. The molecule has 114 valence electrons. The number of nitrogens with zero attached hydrogens (tertiary/aromatic N) is 1. The Bertz CT molecular complexity index is 671. The third-order valence-corrected chi connectivity index (χ3v) is 3.34. The number of aromatic hydroxyl groups is 1. The van der Waals surface area contributed by atoms with Crippen LogP contribution in [0.3, 0.4) is 0 Å². The predicted molar refractivity (Wildman–Crippen MR) is 88.1 cm³/mol. The van der Waals surface area contributed by atoms with E-state index in [2.05, 4.69) is 26.5 Å². The number of carbonyl (C=O) groups is 1. The number of hydrazone groups is 1. The van der Waals surface area contributed by atoms with Gasteiger partial charge >= 0.3 is 0 Å². The molecule has 2 aromatic carbocycles. The van der Waals surface area contributed by atoms with E-state index < -0.39 is 6.10 Å². The first-order valence-electron chi connectivity index (χ1n) is 6.59. The van der Waals surface area contributed by atoms with Crippen molar-refractivity contribution in [1.82, 2.24) is 5.43 Å². The van der Waals surface area contributed by atoms with Crippen LogP contribution in [0.4, 0.5) is 0 Å². The molecule has 2 N–H and O–H groups in total. The Labute approximate surface area is 136 Å². The molecule has 0 fully saturated rings. The normalized spacial score (nSPS) is 12.1. The number of para-hydroxylation sites is 1. The van der Waals surface area contributed by atoms with Gasteiger partial charge in [-0.1, -0.05) is 28.1 Å². The van der Waals surface area contributed by atoms with E-state index in [0.29, 0.717) is 11.3 Å². The molecule has 5 nitrogen and oxygen atoms in total. The van der Waals surface area contributed by atoms with Crippen molar-refractivity contribution < 1.29 is 14.6 Å². The number of carbonyl (C=O) groups excluding carboxylic acids is 1. The minimum Gasteiger partial charge on any atom is -0.507 e. The van der Waals surface area contributed by atoms with Crippen molar-refractivity contribution in [3.63, 3.8) is 0 Å². The second-order valence-electron chi connectivity index (χ2n) is 4.51. The van der Waals surface area contributed by atoms with Crippen molar-refractivity contribution in [2.45, 2.75) is 13.0 Å². The van der Waals surface area contributed by atoms with Crippen molar-refractivity contribution in [2.75, 3.05) is 0 Å². The van der Waals surface area contributed by atoms with Gasteiger partial charge in [-0.25, -0.2) is 5.43 Å². The van der Waals surface area contributed by atoms with Crippen molar-refractivity contribution >= 4 is 28.1 Å². The van der Waals surface area contributed by atoms with Gasteiger partial charge < -0.3 is 9.84 Å². The Morgan fingerprint density at radius 3 is 2.64 bits per heavy atom. The van der Waals surface area contributed by atoms with Crippen LogP contribution in [0.25, 0.3) is 0 Å². The van der Waals surface area contributed by atoms with Crippen molar-refractivity contribution in [2.24, 2.45) is 5.10 Å². The maximum atomic E-state index is 11.9. The van der Waals surface area contributed by atoms with E-state index >= 15 is 0 Å². The number of hydrogen-bond donors (Lipinski definition) is 2. The highest BCUT2D eigenvalue weighted by atomic mass is 79.9. The Morgan fingerprint density at radius 2 is 1.95 bits per heavy atom. The van der Waals surface area contributed by atoms with Gasteiger partial charge in [0.1, 0.15) is 11.5 Å². The van der Waals surface area contributed by atoms with Gasteiger partial charge in [0.25, 0.3) is 5.91 Å². The number of amides is 1. The molecule has 0 aromatic heterocycles. The van der Waals surface area contributed by atoms with Gasteiger partial charge in [-0.05, 0) is 43.3 Å². The highest BCUT2D eigenvalue weighted by molar-refractivity contribution is 9.10. The van der Waals surface area contributed by atoms with E-state index in [-0.39, 0.29) is 11.7 Å². The van der Waals surface area contributed by atoms with Gasteiger partial charge in [0, 0.05) is 10.0 Å². The van der Waals surface area contributed by atoms with Gasteiger partial charge in [0.15, 0.2) is 6.10 Å². The highest BCUT2D eigenvalue weighted by Gasteiger charge is 2.13. The van der Waals surface area contributed by atoms with Gasteiger partial charge in [0.2, 0.25) is 0 Å². The van der Waals surface area contributed by atoms with Crippen LogP contribution in [0.2, 0.25) is 0 Å². The number of hydrogen-bond acceptors (Lipinski definition) is 4. The van der Waals surface area contributed by atoms with Gasteiger partial charge in [-0.2, -0.15) is 5.10 Å². The molecule has 0 aliphatic rings. The Balaban J connectivity index is 1.89. The molecule has 0 saturated heterocycles. The number of phenols is 1. The molecule has 0 aliphatic heterocycles. The smallest absolute Gasteiger partial charge is 0.280 e. The van der Waals surface area contributed by atoms with Crippen LogP contribution in [-0.4, -0.2) is 23.3 Å². The first-order valence-corrected chi connectivity index (χ1v) is 7.38. The van der Waals surface area contributed by atoms with Crippen LogP contribution in [0.1, 0.15) is 12.5 Å². The van der Waals surface area contributed by atoms with Crippen molar-refractivity contribution in [3.8, 4) is 11.5 Å². The van der Waals surface area contributed by atoms with E-state index in [9.17, 15) is 9.90 Å². The van der Waals surface area contributed by atoms with E-state index in [1.807, 2.05) is 12.1 Å². The van der Waals surface area contributed by atoms with Crippen molar-refractivity contribution in [3.05, 3.63) is 58.6 Å². The molecule has 1 atom stereocenters. The minimum absolute atomic E-state index is 0.0969. The fraction of sp³-hybridized carbons (Fsp3) is 0.125. The predicted octanol–water partition coefficient (Wildman–Crippen LogP) is 3.07. The molecule has 2 aromatic rings. The maximum absolute atomic E-state index is 11.9. The average molecular weight is 363 g/mol. The first-order chi connectivity index (χ1) is 10.6. The maximum Gasteiger partial charge on any atom is 0.280 e.